The summed E-state index contributed by atoms with van der Waals surface area (Å²) < 4.78 is 0.955. The minimum Gasteiger partial charge on any atom is -0.317 e. The maximum Gasteiger partial charge on any atom is 0.220 e. The van der Waals surface area contributed by atoms with Gasteiger partial charge in [0.2, 0.25) is 6.54 Å². The summed E-state index contributed by atoms with van der Waals surface area (Å²) in [7, 11) is 0. The standard InChI is InChI=1S/C6H6BrN3/c1-8-3-2-6-5(7)4-9-10-6/h4H,2-3H2,(H,9,10). The molecule has 1 N–H and O–H groups in total. The van der Waals surface area contributed by atoms with Gasteiger partial charge in [0, 0.05) is 0 Å². The zero-order valence-electron chi connectivity index (χ0n) is 5.26. The summed E-state index contributed by atoms with van der Waals surface area (Å²) in [6.45, 7) is 7.07. The van der Waals surface area contributed by atoms with Crippen LogP contribution in [0.15, 0.2) is 10.7 Å². The van der Waals surface area contributed by atoms with Crippen LogP contribution in [0.25, 0.3) is 4.85 Å². The van der Waals surface area contributed by atoms with Crippen LogP contribution in [-0.2, 0) is 6.42 Å². The molecule has 0 fully saturated rings. The van der Waals surface area contributed by atoms with E-state index in [1.54, 1.807) is 6.20 Å². The van der Waals surface area contributed by atoms with Crippen LogP contribution in [-0.4, -0.2) is 16.7 Å². The van der Waals surface area contributed by atoms with E-state index in [0.29, 0.717) is 6.54 Å². The molecular formula is C6H6BrN3. The van der Waals surface area contributed by atoms with Gasteiger partial charge in [0.15, 0.2) is 0 Å². The fourth-order valence-electron chi connectivity index (χ4n) is 0.641. The largest absolute Gasteiger partial charge is 0.317 e. The molecule has 10 heavy (non-hydrogen) atoms. The summed E-state index contributed by atoms with van der Waals surface area (Å²) in [5, 5.41) is 6.60. The average molecular weight is 200 g/mol. The third-order valence-electron chi connectivity index (χ3n) is 1.14. The Balaban J connectivity index is 2.59. The number of halogens is 1. The lowest BCUT2D eigenvalue weighted by Gasteiger charge is -1.87. The van der Waals surface area contributed by atoms with Gasteiger partial charge in [-0.05, 0) is 15.9 Å². The van der Waals surface area contributed by atoms with E-state index >= 15 is 0 Å². The lowest BCUT2D eigenvalue weighted by molar-refractivity contribution is 0.951. The van der Waals surface area contributed by atoms with Crippen molar-refractivity contribution in [3.63, 3.8) is 0 Å². The van der Waals surface area contributed by atoms with Crippen LogP contribution in [0, 0.1) is 6.57 Å². The Morgan fingerprint density at radius 2 is 2.60 bits per heavy atom. The summed E-state index contributed by atoms with van der Waals surface area (Å²) in [6.07, 6.45) is 2.43. The van der Waals surface area contributed by atoms with Gasteiger partial charge < -0.3 is 4.85 Å². The average Bonchev–Trinajstić information content (AvgIpc) is 2.31. The van der Waals surface area contributed by atoms with Gasteiger partial charge in [-0.3, -0.25) is 5.10 Å². The van der Waals surface area contributed by atoms with Crippen molar-refractivity contribution in [1.82, 2.24) is 10.2 Å². The second-order valence-corrected chi connectivity index (χ2v) is 2.68. The van der Waals surface area contributed by atoms with E-state index < -0.39 is 0 Å². The number of rotatable bonds is 2. The van der Waals surface area contributed by atoms with E-state index in [2.05, 4.69) is 31.0 Å². The van der Waals surface area contributed by atoms with Crippen LogP contribution in [0.1, 0.15) is 5.69 Å². The molecule has 0 amide bonds. The Bertz CT molecular complexity index is 248. The van der Waals surface area contributed by atoms with Gasteiger partial charge in [0.05, 0.1) is 22.8 Å². The molecule has 0 radical (unpaired) electrons. The first kappa shape index (κ1) is 7.29. The molecule has 0 aliphatic heterocycles. The summed E-state index contributed by atoms with van der Waals surface area (Å²) >= 11 is 3.30. The molecule has 0 spiro atoms. The zero-order chi connectivity index (χ0) is 7.40. The topological polar surface area (TPSA) is 33.0 Å². The summed E-state index contributed by atoms with van der Waals surface area (Å²) in [6, 6.07) is 0. The summed E-state index contributed by atoms with van der Waals surface area (Å²) in [5.41, 5.74) is 0.996. The Morgan fingerprint density at radius 1 is 1.80 bits per heavy atom. The van der Waals surface area contributed by atoms with Crippen LogP contribution in [0.5, 0.6) is 0 Å². The fraction of sp³-hybridized carbons (Fsp3) is 0.333. The van der Waals surface area contributed by atoms with Gasteiger partial charge in [-0.1, -0.05) is 0 Å². The monoisotopic (exact) mass is 199 g/mol. The smallest absolute Gasteiger partial charge is 0.220 e. The fourth-order valence-corrected chi connectivity index (χ4v) is 1.03. The SMILES string of the molecule is [C-]#[N+]CCc1[nH]ncc1Br. The Hall–Kier alpha value is -0.820. The number of H-pyrrole nitrogens is 1. The summed E-state index contributed by atoms with van der Waals surface area (Å²) in [5.74, 6) is 0. The van der Waals surface area contributed by atoms with Crippen LogP contribution in [0.4, 0.5) is 0 Å². The number of hydrogen-bond donors (Lipinski definition) is 1. The van der Waals surface area contributed by atoms with Crippen LogP contribution in [0.2, 0.25) is 0 Å². The highest BCUT2D eigenvalue weighted by Crippen LogP contribution is 2.12. The van der Waals surface area contributed by atoms with E-state index in [4.69, 9.17) is 6.57 Å². The molecule has 0 unspecified atom stereocenters. The van der Waals surface area contributed by atoms with Gasteiger partial charge in [0.1, 0.15) is 0 Å². The molecule has 0 saturated heterocycles. The molecule has 1 heterocycles. The van der Waals surface area contributed by atoms with E-state index in [1.165, 1.54) is 0 Å². The predicted octanol–water partition coefficient (Wildman–Crippen LogP) is 1.63. The van der Waals surface area contributed by atoms with Crippen molar-refractivity contribution in [3.05, 3.63) is 27.8 Å². The molecule has 4 heteroatoms. The highest BCUT2D eigenvalue weighted by atomic mass is 79.9. The molecule has 0 aliphatic rings. The third-order valence-corrected chi connectivity index (χ3v) is 1.82. The first-order valence-corrected chi connectivity index (χ1v) is 3.65. The van der Waals surface area contributed by atoms with Gasteiger partial charge in [-0.2, -0.15) is 5.10 Å². The molecule has 1 rings (SSSR count). The van der Waals surface area contributed by atoms with E-state index in [0.717, 1.165) is 16.6 Å². The van der Waals surface area contributed by atoms with Crippen LogP contribution < -0.4 is 0 Å². The molecule has 1 aromatic rings. The number of nitrogens with one attached hydrogen (secondary N) is 1. The second kappa shape index (κ2) is 3.37. The highest BCUT2D eigenvalue weighted by Gasteiger charge is 2.01. The van der Waals surface area contributed by atoms with E-state index in [1.807, 2.05) is 0 Å². The second-order valence-electron chi connectivity index (χ2n) is 1.83. The Morgan fingerprint density at radius 3 is 3.10 bits per heavy atom. The van der Waals surface area contributed by atoms with Crippen LogP contribution in [0.3, 0.4) is 0 Å². The zero-order valence-corrected chi connectivity index (χ0v) is 6.85. The number of nitrogens with zero attached hydrogens (tertiary/aromatic N) is 2. The van der Waals surface area contributed by atoms with Gasteiger partial charge in [-0.25, -0.2) is 6.57 Å². The molecule has 52 valence electrons. The van der Waals surface area contributed by atoms with Crippen molar-refractivity contribution in [2.45, 2.75) is 6.42 Å². The van der Waals surface area contributed by atoms with Crippen molar-refractivity contribution >= 4 is 15.9 Å². The number of aromatic amines is 1. The maximum absolute atomic E-state index is 6.55. The maximum atomic E-state index is 6.55. The normalized spacial score (nSPS) is 9.20. The van der Waals surface area contributed by atoms with Crippen molar-refractivity contribution in [3.8, 4) is 0 Å². The molecule has 0 aliphatic carbocycles. The molecule has 3 nitrogen and oxygen atoms in total. The highest BCUT2D eigenvalue weighted by molar-refractivity contribution is 9.10. The lowest BCUT2D eigenvalue weighted by Crippen LogP contribution is -1.88. The molecule has 0 atom stereocenters. The molecule has 0 bridgehead atoms. The quantitative estimate of drug-likeness (QED) is 0.723. The molecular weight excluding hydrogens is 194 g/mol. The van der Waals surface area contributed by atoms with E-state index in [9.17, 15) is 0 Å². The molecule has 0 saturated carbocycles. The third kappa shape index (κ3) is 1.58. The first-order valence-electron chi connectivity index (χ1n) is 2.85. The first-order chi connectivity index (χ1) is 4.84. The van der Waals surface area contributed by atoms with Crippen molar-refractivity contribution < 1.29 is 0 Å². The Labute approximate surface area is 67.4 Å². The summed E-state index contributed by atoms with van der Waals surface area (Å²) in [4.78, 5) is 3.23. The van der Waals surface area contributed by atoms with Crippen LogP contribution >= 0.6 is 15.9 Å². The minimum atomic E-state index is 0.515. The van der Waals surface area contributed by atoms with Crippen molar-refractivity contribution in [1.29, 1.82) is 0 Å². The van der Waals surface area contributed by atoms with Gasteiger partial charge >= 0.3 is 0 Å². The number of hydrogen-bond acceptors (Lipinski definition) is 1. The van der Waals surface area contributed by atoms with Gasteiger partial charge in [0.25, 0.3) is 0 Å². The van der Waals surface area contributed by atoms with E-state index in [-0.39, 0.29) is 0 Å². The van der Waals surface area contributed by atoms with Gasteiger partial charge in [-0.15, -0.1) is 0 Å². The van der Waals surface area contributed by atoms with Crippen molar-refractivity contribution in [2.75, 3.05) is 6.54 Å². The molecule has 0 aromatic carbocycles. The Kier molecular flexibility index (Phi) is 2.46. The number of aromatic nitrogens is 2. The molecule has 1 aromatic heterocycles. The minimum absolute atomic E-state index is 0.515. The lowest BCUT2D eigenvalue weighted by atomic mass is 10.3. The predicted molar refractivity (Wildman–Crippen MR) is 41.5 cm³/mol. The van der Waals surface area contributed by atoms with Crippen molar-refractivity contribution in [2.24, 2.45) is 0 Å².